The Hall–Kier alpha value is -1.06. The van der Waals surface area contributed by atoms with Crippen molar-refractivity contribution in [2.24, 2.45) is 0 Å². The smallest absolute Gasteiger partial charge is 0.123 e. The maximum Gasteiger partial charge on any atom is 0.123 e. The van der Waals surface area contributed by atoms with Gasteiger partial charge < -0.3 is 10.1 Å². The normalized spacial score (nSPS) is 22.2. The van der Waals surface area contributed by atoms with Crippen LogP contribution >= 0.6 is 0 Å². The number of likely N-dealkylation sites (N-methyl/N-ethyl adjacent to an activating group) is 1. The third kappa shape index (κ3) is 3.48. The summed E-state index contributed by atoms with van der Waals surface area (Å²) in [6, 6.07) is 9.34. The molecule has 0 bridgehead atoms. The number of nitrogens with one attached hydrogen (secondary N) is 1. The molecule has 3 heteroatoms. The minimum Gasteiger partial charge on any atom is -0.496 e. The first-order chi connectivity index (χ1) is 9.26. The standard InChI is InChI=1S/C16H26N2O/c1-13-8-6-7-11-18(13)12-15(17-2)14-9-4-5-10-16(14)19-3/h4-5,9-10,13,15,17H,6-8,11-12H2,1-3H3. The Labute approximate surface area is 116 Å². The largest absolute Gasteiger partial charge is 0.496 e. The molecule has 1 N–H and O–H groups in total. The Kier molecular flexibility index (Phi) is 5.23. The van der Waals surface area contributed by atoms with E-state index in [0.717, 1.165) is 12.3 Å². The highest BCUT2D eigenvalue weighted by Gasteiger charge is 2.23. The molecule has 0 saturated carbocycles. The fourth-order valence-electron chi connectivity index (χ4n) is 2.96. The number of benzene rings is 1. The molecule has 0 spiro atoms. The molecule has 2 unspecified atom stereocenters. The van der Waals surface area contributed by atoms with E-state index >= 15 is 0 Å². The molecule has 1 saturated heterocycles. The molecule has 0 aromatic heterocycles. The number of hydrogen-bond acceptors (Lipinski definition) is 3. The van der Waals surface area contributed by atoms with E-state index < -0.39 is 0 Å². The SMILES string of the molecule is CNC(CN1CCCCC1C)c1ccccc1OC. The molecule has 1 fully saturated rings. The molecule has 0 aliphatic carbocycles. The first-order valence-corrected chi connectivity index (χ1v) is 7.30. The van der Waals surface area contributed by atoms with Gasteiger partial charge in [-0.25, -0.2) is 0 Å². The Morgan fingerprint density at radius 1 is 1.37 bits per heavy atom. The summed E-state index contributed by atoms with van der Waals surface area (Å²) in [6.07, 6.45) is 4.02. The van der Waals surface area contributed by atoms with Crippen molar-refractivity contribution in [2.75, 3.05) is 27.2 Å². The summed E-state index contributed by atoms with van der Waals surface area (Å²) >= 11 is 0. The van der Waals surface area contributed by atoms with Crippen LogP contribution in [0.1, 0.15) is 37.8 Å². The van der Waals surface area contributed by atoms with E-state index in [1.807, 2.05) is 19.2 Å². The maximum absolute atomic E-state index is 5.49. The first-order valence-electron chi connectivity index (χ1n) is 7.30. The Bertz CT molecular complexity index is 394. The van der Waals surface area contributed by atoms with Gasteiger partial charge in [0.05, 0.1) is 7.11 Å². The first kappa shape index (κ1) is 14.4. The van der Waals surface area contributed by atoms with Gasteiger partial charge in [-0.3, -0.25) is 4.90 Å². The summed E-state index contributed by atoms with van der Waals surface area (Å²) in [6.45, 7) is 4.61. The molecule has 0 amide bonds. The Morgan fingerprint density at radius 2 is 2.16 bits per heavy atom. The van der Waals surface area contributed by atoms with Crippen molar-refractivity contribution in [1.29, 1.82) is 0 Å². The molecule has 2 atom stereocenters. The van der Waals surface area contributed by atoms with Crippen molar-refractivity contribution in [3.05, 3.63) is 29.8 Å². The predicted octanol–water partition coefficient (Wildman–Crippen LogP) is 2.83. The number of methoxy groups -OCH3 is 1. The monoisotopic (exact) mass is 262 g/mol. The maximum atomic E-state index is 5.49. The van der Waals surface area contributed by atoms with E-state index in [2.05, 4.69) is 29.3 Å². The molecule has 1 heterocycles. The van der Waals surface area contributed by atoms with Crippen LogP contribution in [0.2, 0.25) is 0 Å². The lowest BCUT2D eigenvalue weighted by Gasteiger charge is -2.36. The number of likely N-dealkylation sites (tertiary alicyclic amines) is 1. The van der Waals surface area contributed by atoms with Gasteiger partial charge in [0, 0.05) is 24.2 Å². The van der Waals surface area contributed by atoms with Gasteiger partial charge >= 0.3 is 0 Å². The Morgan fingerprint density at radius 3 is 2.84 bits per heavy atom. The van der Waals surface area contributed by atoms with Crippen molar-refractivity contribution in [2.45, 2.75) is 38.3 Å². The third-order valence-corrected chi connectivity index (χ3v) is 4.22. The van der Waals surface area contributed by atoms with Gasteiger partial charge in [0.25, 0.3) is 0 Å². The summed E-state index contributed by atoms with van der Waals surface area (Å²) in [5.41, 5.74) is 1.25. The van der Waals surface area contributed by atoms with Crippen molar-refractivity contribution in [3.8, 4) is 5.75 Å². The van der Waals surface area contributed by atoms with Crippen LogP contribution in [0.5, 0.6) is 5.75 Å². The van der Waals surface area contributed by atoms with E-state index in [4.69, 9.17) is 4.74 Å². The molecule has 1 aliphatic rings. The van der Waals surface area contributed by atoms with Gasteiger partial charge in [0.2, 0.25) is 0 Å². The van der Waals surface area contributed by atoms with Gasteiger partial charge in [-0.2, -0.15) is 0 Å². The quantitative estimate of drug-likeness (QED) is 0.883. The van der Waals surface area contributed by atoms with Gasteiger partial charge in [0.15, 0.2) is 0 Å². The average Bonchev–Trinajstić information content (AvgIpc) is 2.46. The van der Waals surface area contributed by atoms with Crippen molar-refractivity contribution in [3.63, 3.8) is 0 Å². The molecule has 0 radical (unpaired) electrons. The van der Waals surface area contributed by atoms with Gasteiger partial charge in [-0.1, -0.05) is 24.6 Å². The Balaban J connectivity index is 2.10. The molecule has 3 nitrogen and oxygen atoms in total. The minimum absolute atomic E-state index is 0.330. The molecular formula is C16H26N2O. The molecule has 1 aliphatic heterocycles. The lowest BCUT2D eigenvalue weighted by Crippen LogP contribution is -2.42. The number of ether oxygens (including phenoxy) is 1. The molecular weight excluding hydrogens is 236 g/mol. The fraction of sp³-hybridized carbons (Fsp3) is 0.625. The average molecular weight is 262 g/mol. The fourth-order valence-corrected chi connectivity index (χ4v) is 2.96. The van der Waals surface area contributed by atoms with Crippen LogP contribution in [0.3, 0.4) is 0 Å². The van der Waals surface area contributed by atoms with E-state index in [0.29, 0.717) is 12.1 Å². The van der Waals surface area contributed by atoms with Crippen LogP contribution in [0, 0.1) is 0 Å². The summed E-state index contributed by atoms with van der Waals surface area (Å²) in [4.78, 5) is 2.59. The predicted molar refractivity (Wildman–Crippen MR) is 79.7 cm³/mol. The van der Waals surface area contributed by atoms with Crippen LogP contribution in [-0.2, 0) is 0 Å². The van der Waals surface area contributed by atoms with Crippen LogP contribution in [-0.4, -0.2) is 38.2 Å². The number of rotatable bonds is 5. The second-order valence-electron chi connectivity index (χ2n) is 5.42. The van der Waals surface area contributed by atoms with Gasteiger partial charge in [0.1, 0.15) is 5.75 Å². The van der Waals surface area contributed by atoms with E-state index in [-0.39, 0.29) is 0 Å². The highest BCUT2D eigenvalue weighted by Crippen LogP contribution is 2.27. The summed E-state index contributed by atoms with van der Waals surface area (Å²) < 4.78 is 5.49. The van der Waals surface area contributed by atoms with E-state index in [9.17, 15) is 0 Å². The number of hydrogen-bond donors (Lipinski definition) is 1. The summed E-state index contributed by atoms with van der Waals surface area (Å²) in [7, 11) is 3.78. The number of piperidine rings is 1. The molecule has 106 valence electrons. The van der Waals surface area contributed by atoms with Crippen molar-refractivity contribution >= 4 is 0 Å². The van der Waals surface area contributed by atoms with Crippen LogP contribution in [0.4, 0.5) is 0 Å². The summed E-state index contributed by atoms with van der Waals surface area (Å²) in [5.74, 6) is 0.978. The lowest BCUT2D eigenvalue weighted by molar-refractivity contribution is 0.145. The van der Waals surface area contributed by atoms with E-state index in [1.54, 1.807) is 7.11 Å². The molecule has 1 aromatic carbocycles. The lowest BCUT2D eigenvalue weighted by atomic mass is 10.00. The van der Waals surface area contributed by atoms with Crippen molar-refractivity contribution < 1.29 is 4.74 Å². The topological polar surface area (TPSA) is 24.5 Å². The minimum atomic E-state index is 0.330. The second kappa shape index (κ2) is 6.92. The zero-order chi connectivity index (χ0) is 13.7. The van der Waals surface area contributed by atoms with Crippen LogP contribution < -0.4 is 10.1 Å². The summed E-state index contributed by atoms with van der Waals surface area (Å²) in [5, 5.41) is 3.44. The van der Waals surface area contributed by atoms with Gasteiger partial charge in [-0.05, 0) is 39.4 Å². The van der Waals surface area contributed by atoms with Crippen LogP contribution in [0.25, 0.3) is 0 Å². The third-order valence-electron chi connectivity index (χ3n) is 4.22. The highest BCUT2D eigenvalue weighted by atomic mass is 16.5. The molecule has 19 heavy (non-hydrogen) atoms. The second-order valence-corrected chi connectivity index (χ2v) is 5.42. The zero-order valence-corrected chi connectivity index (χ0v) is 12.4. The zero-order valence-electron chi connectivity index (χ0n) is 12.4. The highest BCUT2D eigenvalue weighted by molar-refractivity contribution is 5.36. The molecule has 2 rings (SSSR count). The van der Waals surface area contributed by atoms with E-state index in [1.165, 1.54) is 31.4 Å². The van der Waals surface area contributed by atoms with Crippen LogP contribution in [0.15, 0.2) is 24.3 Å². The van der Waals surface area contributed by atoms with Crippen molar-refractivity contribution in [1.82, 2.24) is 10.2 Å². The molecule has 1 aromatic rings. The number of para-hydroxylation sites is 1. The van der Waals surface area contributed by atoms with Gasteiger partial charge in [-0.15, -0.1) is 0 Å². The number of nitrogens with zero attached hydrogens (tertiary/aromatic N) is 1.